The average Bonchev–Trinajstić information content (AvgIpc) is 2.29. The Morgan fingerprint density at radius 2 is 1.80 bits per heavy atom. The van der Waals surface area contributed by atoms with Crippen LogP contribution in [0, 0.1) is 5.41 Å². The number of carbonyl (C=O) groups excluding carboxylic acids is 1. The van der Waals surface area contributed by atoms with Crippen molar-refractivity contribution in [3.8, 4) is 0 Å². The molecule has 0 saturated heterocycles. The minimum Gasteiger partial charge on any atom is -0.481 e. The van der Waals surface area contributed by atoms with Gasteiger partial charge in [0.25, 0.3) is 0 Å². The second-order valence-electron chi connectivity index (χ2n) is 5.89. The van der Waals surface area contributed by atoms with E-state index in [2.05, 4.69) is 21.2 Å². The van der Waals surface area contributed by atoms with Gasteiger partial charge in [0.05, 0.1) is 12.8 Å². The number of aliphatic carboxylic acids is 1. The van der Waals surface area contributed by atoms with Gasteiger partial charge in [-0.05, 0) is 23.1 Å². The van der Waals surface area contributed by atoms with E-state index in [1.54, 1.807) is 0 Å². The second kappa shape index (κ2) is 6.88. The van der Waals surface area contributed by atoms with Crippen LogP contribution in [0.2, 0.25) is 0 Å². The molecule has 0 bridgehead atoms. The van der Waals surface area contributed by atoms with Crippen molar-refractivity contribution in [3.63, 3.8) is 0 Å². The number of rotatable bonds is 5. The lowest BCUT2D eigenvalue weighted by Gasteiger charge is -2.30. The molecule has 0 aliphatic heterocycles. The number of carbonyl (C=O) groups is 2. The molecule has 0 fully saturated rings. The lowest BCUT2D eigenvalue weighted by molar-refractivity contribution is -0.138. The molecule has 4 nitrogen and oxygen atoms in total. The highest BCUT2D eigenvalue weighted by atomic mass is 79.9. The number of halogens is 1. The van der Waals surface area contributed by atoms with Gasteiger partial charge in [0.1, 0.15) is 0 Å². The quantitative estimate of drug-likeness (QED) is 0.865. The van der Waals surface area contributed by atoms with Gasteiger partial charge < -0.3 is 10.4 Å². The predicted molar refractivity (Wildman–Crippen MR) is 81.5 cm³/mol. The third kappa shape index (κ3) is 5.74. The van der Waals surface area contributed by atoms with Crippen LogP contribution >= 0.6 is 15.9 Å². The molecule has 0 heterocycles. The lowest BCUT2D eigenvalue weighted by Crippen LogP contribution is -2.45. The molecule has 0 aromatic heterocycles. The van der Waals surface area contributed by atoms with E-state index in [9.17, 15) is 9.59 Å². The van der Waals surface area contributed by atoms with Crippen LogP contribution in [0.5, 0.6) is 0 Å². The highest BCUT2D eigenvalue weighted by Gasteiger charge is 2.28. The van der Waals surface area contributed by atoms with E-state index < -0.39 is 5.97 Å². The van der Waals surface area contributed by atoms with Crippen molar-refractivity contribution < 1.29 is 14.7 Å². The van der Waals surface area contributed by atoms with Crippen LogP contribution in [-0.2, 0) is 16.0 Å². The summed E-state index contributed by atoms with van der Waals surface area (Å²) in [6.45, 7) is 5.75. The Labute approximate surface area is 127 Å². The van der Waals surface area contributed by atoms with Crippen molar-refractivity contribution in [1.29, 1.82) is 0 Å². The van der Waals surface area contributed by atoms with E-state index in [4.69, 9.17) is 5.11 Å². The maximum Gasteiger partial charge on any atom is 0.305 e. The van der Waals surface area contributed by atoms with Crippen molar-refractivity contribution in [2.45, 2.75) is 39.7 Å². The zero-order valence-corrected chi connectivity index (χ0v) is 13.5. The molecule has 0 aliphatic rings. The maximum absolute atomic E-state index is 12.0. The van der Waals surface area contributed by atoms with Gasteiger partial charge in [0.2, 0.25) is 5.91 Å². The number of benzene rings is 1. The first-order valence-corrected chi connectivity index (χ1v) is 7.23. The Morgan fingerprint density at radius 1 is 1.25 bits per heavy atom. The highest BCUT2D eigenvalue weighted by molar-refractivity contribution is 9.10. The zero-order chi connectivity index (χ0) is 15.3. The van der Waals surface area contributed by atoms with Crippen LogP contribution in [-0.4, -0.2) is 23.0 Å². The molecule has 1 amide bonds. The van der Waals surface area contributed by atoms with Crippen LogP contribution in [0.3, 0.4) is 0 Å². The van der Waals surface area contributed by atoms with Crippen LogP contribution in [0.15, 0.2) is 28.7 Å². The molecule has 1 unspecified atom stereocenters. The van der Waals surface area contributed by atoms with Gasteiger partial charge >= 0.3 is 5.97 Å². The Hall–Kier alpha value is -1.36. The molecular weight excluding hydrogens is 322 g/mol. The van der Waals surface area contributed by atoms with E-state index in [0.717, 1.165) is 10.0 Å². The summed E-state index contributed by atoms with van der Waals surface area (Å²) < 4.78 is 0.958. The van der Waals surface area contributed by atoms with Gasteiger partial charge in [-0.25, -0.2) is 0 Å². The smallest absolute Gasteiger partial charge is 0.305 e. The molecule has 1 atom stereocenters. The summed E-state index contributed by atoms with van der Waals surface area (Å²) in [5, 5.41) is 11.7. The fourth-order valence-electron chi connectivity index (χ4n) is 1.78. The number of amides is 1. The molecular formula is C15H20BrNO3. The van der Waals surface area contributed by atoms with E-state index >= 15 is 0 Å². The number of carboxylic acid groups (broad SMARTS) is 1. The second-order valence-corrected chi connectivity index (χ2v) is 6.80. The molecule has 1 rings (SSSR count). The minimum absolute atomic E-state index is 0.0738. The molecule has 0 aliphatic carbocycles. The maximum atomic E-state index is 12.0. The first-order chi connectivity index (χ1) is 9.18. The molecule has 2 N–H and O–H groups in total. The number of hydrogen-bond acceptors (Lipinski definition) is 2. The third-order valence-corrected chi connectivity index (χ3v) is 3.57. The van der Waals surface area contributed by atoms with E-state index in [1.807, 2.05) is 45.0 Å². The highest BCUT2D eigenvalue weighted by Crippen LogP contribution is 2.22. The summed E-state index contributed by atoms with van der Waals surface area (Å²) in [5.74, 6) is -1.07. The summed E-state index contributed by atoms with van der Waals surface area (Å²) in [7, 11) is 0. The van der Waals surface area contributed by atoms with Crippen molar-refractivity contribution in [2.24, 2.45) is 5.41 Å². The van der Waals surface area contributed by atoms with Crippen LogP contribution in [0.25, 0.3) is 0 Å². The van der Waals surface area contributed by atoms with Crippen LogP contribution in [0.1, 0.15) is 32.8 Å². The predicted octanol–water partition coefficient (Wildman–Crippen LogP) is 3.00. The Bertz CT molecular complexity index is 477. The average molecular weight is 342 g/mol. The van der Waals surface area contributed by atoms with Crippen molar-refractivity contribution >= 4 is 27.8 Å². The summed E-state index contributed by atoms with van der Waals surface area (Å²) >= 11 is 3.34. The third-order valence-electron chi connectivity index (χ3n) is 3.04. The fourth-order valence-corrected chi connectivity index (χ4v) is 2.05. The molecule has 0 radical (unpaired) electrons. The fraction of sp³-hybridized carbons (Fsp3) is 0.467. The molecule has 5 heteroatoms. The SMILES string of the molecule is CC(C)(C)C(CC(=O)O)NC(=O)Cc1ccc(Br)cc1. The molecule has 1 aromatic rings. The summed E-state index contributed by atoms with van der Waals surface area (Å²) in [5.41, 5.74) is 0.599. The van der Waals surface area contributed by atoms with Gasteiger partial charge in [-0.3, -0.25) is 9.59 Å². The lowest BCUT2D eigenvalue weighted by atomic mass is 9.84. The van der Waals surface area contributed by atoms with Gasteiger partial charge in [-0.1, -0.05) is 48.8 Å². The first kappa shape index (κ1) is 16.7. The first-order valence-electron chi connectivity index (χ1n) is 6.44. The topological polar surface area (TPSA) is 66.4 Å². The molecule has 20 heavy (non-hydrogen) atoms. The van der Waals surface area contributed by atoms with Gasteiger partial charge in [-0.2, -0.15) is 0 Å². The zero-order valence-electron chi connectivity index (χ0n) is 11.9. The van der Waals surface area contributed by atoms with Crippen LogP contribution in [0.4, 0.5) is 0 Å². The molecule has 1 aromatic carbocycles. The van der Waals surface area contributed by atoms with Gasteiger partial charge in [0, 0.05) is 10.5 Å². The van der Waals surface area contributed by atoms with E-state index in [-0.39, 0.29) is 30.2 Å². The van der Waals surface area contributed by atoms with Crippen molar-refractivity contribution in [3.05, 3.63) is 34.3 Å². The standard InChI is InChI=1S/C15H20BrNO3/c1-15(2,3)12(9-14(19)20)17-13(18)8-10-4-6-11(16)7-5-10/h4-7,12H,8-9H2,1-3H3,(H,17,18)(H,19,20). The number of nitrogens with one attached hydrogen (secondary N) is 1. The van der Waals surface area contributed by atoms with Crippen molar-refractivity contribution in [2.75, 3.05) is 0 Å². The summed E-state index contributed by atoms with van der Waals surface area (Å²) in [6.07, 6.45) is 0.176. The number of hydrogen-bond donors (Lipinski definition) is 2. The molecule has 0 saturated carbocycles. The summed E-state index contributed by atoms with van der Waals surface area (Å²) in [4.78, 5) is 22.9. The van der Waals surface area contributed by atoms with E-state index in [0.29, 0.717) is 0 Å². The van der Waals surface area contributed by atoms with Crippen LogP contribution < -0.4 is 5.32 Å². The van der Waals surface area contributed by atoms with E-state index in [1.165, 1.54) is 0 Å². The normalized spacial score (nSPS) is 12.8. The number of carboxylic acids is 1. The molecule has 110 valence electrons. The van der Waals surface area contributed by atoms with Crippen molar-refractivity contribution in [1.82, 2.24) is 5.32 Å². The Morgan fingerprint density at radius 3 is 2.25 bits per heavy atom. The Kier molecular flexibility index (Phi) is 5.74. The monoisotopic (exact) mass is 341 g/mol. The Balaban J connectivity index is 2.66. The summed E-state index contributed by atoms with van der Waals surface area (Å²) in [6, 6.07) is 7.10. The molecule has 0 spiro atoms. The van der Waals surface area contributed by atoms with Gasteiger partial charge in [0.15, 0.2) is 0 Å². The largest absolute Gasteiger partial charge is 0.481 e. The van der Waals surface area contributed by atoms with Gasteiger partial charge in [-0.15, -0.1) is 0 Å². The minimum atomic E-state index is -0.908.